The molecule has 8 heteroatoms. The standard InChI is InChI=1S/C16H15BrClNO4S/c1-10(11-2-4-14-15(8-11)23-7-6-22-14)19-24(20,21)16-5-3-12(17)9-13(16)18/h2-5,8-10,19H,6-7H2,1H3. The normalized spacial score (nSPS) is 15.1. The van der Waals surface area contributed by atoms with Gasteiger partial charge in [0.05, 0.1) is 5.02 Å². The first-order chi connectivity index (χ1) is 11.4. The Hall–Kier alpha value is -1.28. The molecule has 3 rings (SSSR count). The topological polar surface area (TPSA) is 64.6 Å². The van der Waals surface area contributed by atoms with Crippen molar-refractivity contribution in [3.8, 4) is 11.5 Å². The van der Waals surface area contributed by atoms with E-state index in [1.165, 1.54) is 6.07 Å². The van der Waals surface area contributed by atoms with Crippen LogP contribution >= 0.6 is 27.5 Å². The lowest BCUT2D eigenvalue weighted by Gasteiger charge is -2.21. The second-order valence-corrected chi connectivity index (χ2v) is 8.33. The summed E-state index contributed by atoms with van der Waals surface area (Å²) >= 11 is 9.31. The largest absolute Gasteiger partial charge is 0.486 e. The van der Waals surface area contributed by atoms with Crippen molar-refractivity contribution in [2.75, 3.05) is 13.2 Å². The van der Waals surface area contributed by atoms with Gasteiger partial charge in [-0.2, -0.15) is 0 Å². The van der Waals surface area contributed by atoms with E-state index in [9.17, 15) is 8.42 Å². The molecule has 1 heterocycles. The highest BCUT2D eigenvalue weighted by atomic mass is 79.9. The molecule has 0 fully saturated rings. The number of ether oxygens (including phenoxy) is 2. The molecule has 0 saturated heterocycles. The van der Waals surface area contributed by atoms with E-state index in [-0.39, 0.29) is 9.92 Å². The van der Waals surface area contributed by atoms with Crippen LogP contribution in [0.4, 0.5) is 0 Å². The molecule has 0 radical (unpaired) electrons. The Labute approximate surface area is 154 Å². The van der Waals surface area contributed by atoms with Crippen LogP contribution in [0.15, 0.2) is 45.8 Å². The lowest BCUT2D eigenvalue weighted by atomic mass is 10.1. The van der Waals surface area contributed by atoms with Gasteiger partial charge in [0.1, 0.15) is 18.1 Å². The van der Waals surface area contributed by atoms with Gasteiger partial charge >= 0.3 is 0 Å². The number of rotatable bonds is 4. The Bertz CT molecular complexity index is 872. The first-order valence-corrected chi connectivity index (χ1v) is 9.89. The zero-order valence-corrected chi connectivity index (χ0v) is 15.9. The zero-order chi connectivity index (χ0) is 17.3. The molecule has 0 saturated carbocycles. The molecule has 0 aromatic heterocycles. The second-order valence-electron chi connectivity index (χ2n) is 5.32. The monoisotopic (exact) mass is 431 g/mol. The third kappa shape index (κ3) is 3.69. The molecule has 0 amide bonds. The maximum absolute atomic E-state index is 12.6. The summed E-state index contributed by atoms with van der Waals surface area (Å²) in [5.74, 6) is 1.28. The van der Waals surface area contributed by atoms with E-state index in [0.29, 0.717) is 29.2 Å². The minimum absolute atomic E-state index is 0.0387. The molecule has 1 unspecified atom stereocenters. The fourth-order valence-electron chi connectivity index (χ4n) is 2.39. The number of sulfonamides is 1. The average Bonchev–Trinajstić information content (AvgIpc) is 2.53. The fraction of sp³-hybridized carbons (Fsp3) is 0.250. The molecule has 0 bridgehead atoms. The second kappa shape index (κ2) is 6.92. The van der Waals surface area contributed by atoms with Crippen LogP contribution in [0.5, 0.6) is 11.5 Å². The summed E-state index contributed by atoms with van der Waals surface area (Å²) in [6.07, 6.45) is 0. The summed E-state index contributed by atoms with van der Waals surface area (Å²) in [4.78, 5) is 0.0387. The van der Waals surface area contributed by atoms with Crippen LogP contribution in [0.25, 0.3) is 0 Å². The summed E-state index contributed by atoms with van der Waals surface area (Å²) in [7, 11) is -3.75. The Kier molecular flexibility index (Phi) is 5.05. The van der Waals surface area contributed by atoms with Crippen LogP contribution in [0, 0.1) is 0 Å². The highest BCUT2D eigenvalue weighted by Gasteiger charge is 2.22. The van der Waals surface area contributed by atoms with E-state index >= 15 is 0 Å². The first-order valence-electron chi connectivity index (χ1n) is 7.24. The van der Waals surface area contributed by atoms with Gasteiger partial charge in [0.15, 0.2) is 11.5 Å². The maximum atomic E-state index is 12.6. The number of hydrogen-bond donors (Lipinski definition) is 1. The molecule has 0 spiro atoms. The van der Waals surface area contributed by atoms with Gasteiger partial charge in [0.25, 0.3) is 0 Å². The number of nitrogens with one attached hydrogen (secondary N) is 1. The van der Waals surface area contributed by atoms with E-state index in [4.69, 9.17) is 21.1 Å². The van der Waals surface area contributed by atoms with Crippen molar-refractivity contribution >= 4 is 37.6 Å². The molecule has 1 aliphatic heterocycles. The van der Waals surface area contributed by atoms with Crippen LogP contribution in [0.2, 0.25) is 5.02 Å². The summed E-state index contributed by atoms with van der Waals surface area (Å²) in [5.41, 5.74) is 0.774. The van der Waals surface area contributed by atoms with Gasteiger partial charge in [-0.05, 0) is 42.8 Å². The van der Waals surface area contributed by atoms with Crippen molar-refractivity contribution in [1.82, 2.24) is 4.72 Å². The molecular formula is C16H15BrClNO4S. The van der Waals surface area contributed by atoms with Gasteiger partial charge in [0, 0.05) is 10.5 Å². The Morgan fingerprint density at radius 1 is 1.12 bits per heavy atom. The molecular weight excluding hydrogens is 418 g/mol. The summed E-state index contributed by atoms with van der Waals surface area (Å²) in [6, 6.07) is 9.56. The van der Waals surface area contributed by atoms with Gasteiger partial charge in [0.2, 0.25) is 10.0 Å². The number of hydrogen-bond acceptors (Lipinski definition) is 4. The van der Waals surface area contributed by atoms with Gasteiger partial charge in [-0.3, -0.25) is 0 Å². The fourth-order valence-corrected chi connectivity index (χ4v) is 4.66. The molecule has 1 N–H and O–H groups in total. The third-order valence-electron chi connectivity index (χ3n) is 3.58. The summed E-state index contributed by atoms with van der Waals surface area (Å²) in [6.45, 7) is 2.75. The van der Waals surface area contributed by atoms with Crippen LogP contribution in [0.1, 0.15) is 18.5 Å². The molecule has 5 nitrogen and oxygen atoms in total. The highest BCUT2D eigenvalue weighted by molar-refractivity contribution is 9.10. The smallest absolute Gasteiger partial charge is 0.242 e. The zero-order valence-electron chi connectivity index (χ0n) is 12.8. The van der Waals surface area contributed by atoms with Crippen molar-refractivity contribution < 1.29 is 17.9 Å². The molecule has 24 heavy (non-hydrogen) atoms. The Balaban J connectivity index is 1.84. The molecule has 128 valence electrons. The van der Waals surface area contributed by atoms with Crippen LogP contribution < -0.4 is 14.2 Å². The Morgan fingerprint density at radius 3 is 2.54 bits per heavy atom. The van der Waals surface area contributed by atoms with Crippen LogP contribution in [-0.2, 0) is 10.0 Å². The molecule has 0 aliphatic carbocycles. The molecule has 1 atom stereocenters. The van der Waals surface area contributed by atoms with Gasteiger partial charge in [-0.15, -0.1) is 0 Å². The van der Waals surface area contributed by atoms with E-state index in [0.717, 1.165) is 5.56 Å². The number of fused-ring (bicyclic) bond motifs is 1. The molecule has 2 aromatic rings. The van der Waals surface area contributed by atoms with E-state index < -0.39 is 16.1 Å². The number of benzene rings is 2. The summed E-state index contributed by atoms with van der Waals surface area (Å²) in [5, 5.41) is 0.159. The van der Waals surface area contributed by atoms with Crippen molar-refractivity contribution in [3.63, 3.8) is 0 Å². The molecule has 2 aromatic carbocycles. The predicted octanol–water partition coefficient (Wildman–Crippen LogP) is 3.91. The van der Waals surface area contributed by atoms with Crippen LogP contribution in [0.3, 0.4) is 0 Å². The lowest BCUT2D eigenvalue weighted by Crippen LogP contribution is -2.27. The number of halogens is 2. The van der Waals surface area contributed by atoms with E-state index in [1.807, 2.05) is 6.07 Å². The van der Waals surface area contributed by atoms with Crippen molar-refractivity contribution in [2.45, 2.75) is 17.9 Å². The first kappa shape index (κ1) is 17.5. The van der Waals surface area contributed by atoms with Crippen molar-refractivity contribution in [3.05, 3.63) is 51.5 Å². The minimum atomic E-state index is -3.75. The van der Waals surface area contributed by atoms with E-state index in [1.54, 1.807) is 31.2 Å². The average molecular weight is 433 g/mol. The van der Waals surface area contributed by atoms with Gasteiger partial charge < -0.3 is 9.47 Å². The molecule has 1 aliphatic rings. The minimum Gasteiger partial charge on any atom is -0.486 e. The van der Waals surface area contributed by atoms with E-state index in [2.05, 4.69) is 20.7 Å². The highest BCUT2D eigenvalue weighted by Crippen LogP contribution is 2.33. The maximum Gasteiger partial charge on any atom is 0.242 e. The third-order valence-corrected chi connectivity index (χ3v) is 6.10. The van der Waals surface area contributed by atoms with Crippen LogP contribution in [-0.4, -0.2) is 21.6 Å². The summed E-state index contributed by atoms with van der Waals surface area (Å²) < 4.78 is 39.5. The van der Waals surface area contributed by atoms with Crippen molar-refractivity contribution in [2.24, 2.45) is 0 Å². The quantitative estimate of drug-likeness (QED) is 0.795. The lowest BCUT2D eigenvalue weighted by molar-refractivity contribution is 0.171. The van der Waals surface area contributed by atoms with Crippen molar-refractivity contribution in [1.29, 1.82) is 0 Å². The Morgan fingerprint density at radius 2 is 1.83 bits per heavy atom. The van der Waals surface area contributed by atoms with Gasteiger partial charge in [-0.25, -0.2) is 13.1 Å². The van der Waals surface area contributed by atoms with Gasteiger partial charge in [-0.1, -0.05) is 33.6 Å². The SMILES string of the molecule is CC(NS(=O)(=O)c1ccc(Br)cc1Cl)c1ccc2c(c1)OCCO2. The predicted molar refractivity (Wildman–Crippen MR) is 95.3 cm³/mol.